The molecule has 0 aromatic heterocycles. The van der Waals surface area contributed by atoms with Crippen molar-refractivity contribution in [1.29, 1.82) is 0 Å². The minimum Gasteiger partial charge on any atom is -0.144 e. The Morgan fingerprint density at radius 3 is 2.90 bits per heavy atom. The maximum absolute atomic E-state index is 4.21. The molecule has 0 amide bonds. The normalized spacial score (nSPS) is 24.2. The van der Waals surface area contributed by atoms with Gasteiger partial charge in [-0.2, -0.15) is 0 Å². The highest BCUT2D eigenvalue weighted by Crippen LogP contribution is 2.22. The molecule has 0 spiro atoms. The van der Waals surface area contributed by atoms with E-state index in [1.165, 1.54) is 5.57 Å². The van der Waals surface area contributed by atoms with Crippen LogP contribution in [0.5, 0.6) is 0 Å². The summed E-state index contributed by atoms with van der Waals surface area (Å²) in [5, 5.41) is 0. The molecule has 0 nitrogen and oxygen atoms in total. The molecule has 10 heavy (non-hydrogen) atoms. The van der Waals surface area contributed by atoms with Gasteiger partial charge in [0.15, 0.2) is 0 Å². The number of allylic oxidation sites excluding steroid dienone is 4. The Labute approximate surface area is 67.7 Å². The molecule has 0 fully saturated rings. The third kappa shape index (κ3) is 1.77. The summed E-state index contributed by atoms with van der Waals surface area (Å²) in [5.41, 5.74) is 1.23. The van der Waals surface area contributed by atoms with E-state index in [-0.39, 0.29) is 0 Å². The van der Waals surface area contributed by atoms with Crippen LogP contribution in [-0.4, -0.2) is 0 Å². The number of hydrogen-bond acceptors (Lipinski definition) is 1. The zero-order chi connectivity index (χ0) is 7.56. The Kier molecular flexibility index (Phi) is 2.39. The van der Waals surface area contributed by atoms with E-state index in [0.29, 0.717) is 5.92 Å². The van der Waals surface area contributed by atoms with Gasteiger partial charge in [0.1, 0.15) is 0 Å². The third-order valence-corrected chi connectivity index (χ3v) is 2.04. The highest BCUT2D eigenvalue weighted by Gasteiger charge is 2.06. The van der Waals surface area contributed by atoms with Crippen molar-refractivity contribution in [3.05, 3.63) is 35.3 Å². The van der Waals surface area contributed by atoms with Gasteiger partial charge in [-0.1, -0.05) is 30.4 Å². The molecule has 0 heterocycles. The van der Waals surface area contributed by atoms with Crippen LogP contribution in [0.4, 0.5) is 0 Å². The summed E-state index contributed by atoms with van der Waals surface area (Å²) >= 11 is 4.21. The zero-order valence-electron chi connectivity index (χ0n) is 6.17. The summed E-state index contributed by atoms with van der Waals surface area (Å²) < 4.78 is 0. The van der Waals surface area contributed by atoms with Gasteiger partial charge < -0.3 is 0 Å². The summed E-state index contributed by atoms with van der Waals surface area (Å²) in [6, 6.07) is 0. The van der Waals surface area contributed by atoms with Gasteiger partial charge >= 0.3 is 0 Å². The molecule has 1 aliphatic rings. The lowest BCUT2D eigenvalue weighted by atomic mass is 9.95. The van der Waals surface area contributed by atoms with Crippen LogP contribution in [0.1, 0.15) is 13.3 Å². The fraction of sp³-hybridized carbons (Fsp3) is 0.333. The zero-order valence-corrected chi connectivity index (χ0v) is 7.07. The highest BCUT2D eigenvalue weighted by atomic mass is 32.1. The van der Waals surface area contributed by atoms with Crippen LogP contribution in [0, 0.1) is 5.92 Å². The summed E-state index contributed by atoms with van der Waals surface area (Å²) in [6.45, 7) is 5.96. The van der Waals surface area contributed by atoms with Crippen LogP contribution < -0.4 is 0 Å². The molecule has 0 N–H and O–H groups in total. The molecule has 0 bridgehead atoms. The Balaban J connectivity index is 2.60. The Bertz CT molecular complexity index is 199. The van der Waals surface area contributed by atoms with Crippen LogP contribution in [0.15, 0.2) is 35.3 Å². The van der Waals surface area contributed by atoms with E-state index in [4.69, 9.17) is 0 Å². The van der Waals surface area contributed by atoms with Crippen molar-refractivity contribution in [1.82, 2.24) is 0 Å². The fourth-order valence-corrected chi connectivity index (χ4v) is 1.17. The predicted octanol–water partition coefficient (Wildman–Crippen LogP) is 2.95. The van der Waals surface area contributed by atoms with Crippen LogP contribution >= 0.6 is 12.6 Å². The van der Waals surface area contributed by atoms with Crippen molar-refractivity contribution < 1.29 is 0 Å². The van der Waals surface area contributed by atoms with Gasteiger partial charge in [-0.3, -0.25) is 0 Å². The second-order valence-electron chi connectivity index (χ2n) is 2.68. The molecular weight excluding hydrogens is 140 g/mol. The molecule has 0 aromatic rings. The van der Waals surface area contributed by atoms with E-state index < -0.39 is 0 Å². The van der Waals surface area contributed by atoms with E-state index in [9.17, 15) is 0 Å². The van der Waals surface area contributed by atoms with Crippen molar-refractivity contribution >= 4 is 12.6 Å². The standard InChI is InChI=1S/C9H12S/c1-7(2)8-3-5-9(10)6-4-8/h3,5-6,8,10H,1,4H2,2H3. The molecule has 1 rings (SSSR count). The first-order valence-corrected chi connectivity index (χ1v) is 3.87. The van der Waals surface area contributed by atoms with Crippen molar-refractivity contribution in [2.24, 2.45) is 5.92 Å². The van der Waals surface area contributed by atoms with Crippen LogP contribution in [0.25, 0.3) is 0 Å². The Morgan fingerprint density at radius 1 is 1.80 bits per heavy atom. The maximum atomic E-state index is 4.21. The van der Waals surface area contributed by atoms with Crippen molar-refractivity contribution in [3.63, 3.8) is 0 Å². The molecule has 0 aliphatic heterocycles. The van der Waals surface area contributed by atoms with E-state index in [2.05, 4.69) is 38.3 Å². The first kappa shape index (κ1) is 7.67. The molecule has 1 atom stereocenters. The first-order chi connectivity index (χ1) is 4.70. The molecule has 1 aliphatic carbocycles. The van der Waals surface area contributed by atoms with E-state index in [1.54, 1.807) is 0 Å². The summed E-state index contributed by atoms with van der Waals surface area (Å²) in [7, 11) is 0. The predicted molar refractivity (Wildman–Crippen MR) is 49.1 cm³/mol. The first-order valence-electron chi connectivity index (χ1n) is 3.43. The largest absolute Gasteiger partial charge is 0.144 e. The minimum atomic E-state index is 0.538. The summed E-state index contributed by atoms with van der Waals surface area (Å²) in [4.78, 5) is 1.07. The third-order valence-electron chi connectivity index (χ3n) is 1.71. The van der Waals surface area contributed by atoms with Crippen molar-refractivity contribution in [3.8, 4) is 0 Å². The van der Waals surface area contributed by atoms with E-state index in [1.807, 2.05) is 6.08 Å². The van der Waals surface area contributed by atoms with Crippen LogP contribution in [-0.2, 0) is 0 Å². The molecule has 0 aromatic carbocycles. The molecular formula is C9H12S. The second-order valence-corrected chi connectivity index (χ2v) is 3.19. The SMILES string of the molecule is C=C(C)C1C=CC(S)=CC1. The van der Waals surface area contributed by atoms with Gasteiger partial charge in [0.05, 0.1) is 0 Å². The summed E-state index contributed by atoms with van der Waals surface area (Å²) in [6.07, 6.45) is 7.38. The average molecular weight is 152 g/mol. The van der Waals surface area contributed by atoms with E-state index in [0.717, 1.165) is 11.3 Å². The Hall–Kier alpha value is -0.430. The molecule has 0 saturated heterocycles. The van der Waals surface area contributed by atoms with Gasteiger partial charge in [-0.25, -0.2) is 0 Å². The smallest absolute Gasteiger partial charge is 0.000981 e. The van der Waals surface area contributed by atoms with Gasteiger partial charge in [-0.15, -0.1) is 12.6 Å². The number of hydrogen-bond donors (Lipinski definition) is 1. The molecule has 0 radical (unpaired) electrons. The molecule has 1 heteroatoms. The minimum absolute atomic E-state index is 0.538. The van der Waals surface area contributed by atoms with Gasteiger partial charge in [0.25, 0.3) is 0 Å². The van der Waals surface area contributed by atoms with Gasteiger partial charge in [0, 0.05) is 5.92 Å². The Morgan fingerprint density at radius 2 is 2.50 bits per heavy atom. The molecule has 0 saturated carbocycles. The monoisotopic (exact) mass is 152 g/mol. The fourth-order valence-electron chi connectivity index (χ4n) is 0.975. The maximum Gasteiger partial charge on any atom is 0.000981 e. The van der Waals surface area contributed by atoms with Crippen LogP contribution in [0.2, 0.25) is 0 Å². The average Bonchev–Trinajstić information content (AvgIpc) is 1.88. The van der Waals surface area contributed by atoms with Gasteiger partial charge in [0.2, 0.25) is 0 Å². The quantitative estimate of drug-likeness (QED) is 0.433. The summed E-state index contributed by atoms with van der Waals surface area (Å²) in [5.74, 6) is 0.538. The number of thiol groups is 1. The van der Waals surface area contributed by atoms with Crippen molar-refractivity contribution in [2.45, 2.75) is 13.3 Å². The van der Waals surface area contributed by atoms with E-state index >= 15 is 0 Å². The topological polar surface area (TPSA) is 0 Å². The second kappa shape index (κ2) is 3.11. The lowest BCUT2D eigenvalue weighted by Gasteiger charge is -2.13. The lowest BCUT2D eigenvalue weighted by Crippen LogP contribution is -1.98. The molecule has 1 unspecified atom stereocenters. The van der Waals surface area contributed by atoms with Crippen LogP contribution in [0.3, 0.4) is 0 Å². The number of rotatable bonds is 1. The van der Waals surface area contributed by atoms with Crippen molar-refractivity contribution in [2.75, 3.05) is 0 Å². The lowest BCUT2D eigenvalue weighted by molar-refractivity contribution is 0.769. The van der Waals surface area contributed by atoms with Gasteiger partial charge in [-0.05, 0) is 18.2 Å². The highest BCUT2D eigenvalue weighted by molar-refractivity contribution is 7.84. The molecule has 54 valence electrons.